The van der Waals surface area contributed by atoms with Crippen LogP contribution in [0.4, 0.5) is 17.6 Å². The summed E-state index contributed by atoms with van der Waals surface area (Å²) in [5.41, 5.74) is -5.31. The fourth-order valence-corrected chi connectivity index (χ4v) is 9.75. The Balaban J connectivity index is 0.000000250. The lowest BCUT2D eigenvalue weighted by Crippen LogP contribution is -2.55. The highest BCUT2D eigenvalue weighted by Crippen LogP contribution is 2.48. The van der Waals surface area contributed by atoms with E-state index in [1.807, 2.05) is 0 Å². The van der Waals surface area contributed by atoms with Gasteiger partial charge in [-0.05, 0) is 26.0 Å². The second-order valence-electron chi connectivity index (χ2n) is 16.7. The van der Waals surface area contributed by atoms with Crippen molar-refractivity contribution in [2.45, 2.75) is 77.9 Å². The van der Waals surface area contributed by atoms with Gasteiger partial charge < -0.3 is 59.1 Å². The minimum Gasteiger partial charge on any atom is -0.503 e. The van der Waals surface area contributed by atoms with Crippen molar-refractivity contribution in [1.29, 1.82) is 0 Å². The van der Waals surface area contributed by atoms with Crippen molar-refractivity contribution in [3.63, 3.8) is 0 Å². The van der Waals surface area contributed by atoms with E-state index in [9.17, 15) is 61.6 Å². The Bertz CT molecular complexity index is 2820. The molecule has 0 bridgehead atoms. The molecule has 22 heteroatoms. The van der Waals surface area contributed by atoms with E-state index < -0.39 is 97.9 Å². The summed E-state index contributed by atoms with van der Waals surface area (Å²) in [6, 6.07) is 5.76. The molecule has 5 N–H and O–H groups in total. The molecule has 2 aromatic heterocycles. The number of hydrogen-bond donors (Lipinski definition) is 5. The Hall–Kier alpha value is -6.62. The van der Waals surface area contributed by atoms with Crippen LogP contribution in [0.25, 0.3) is 0 Å². The van der Waals surface area contributed by atoms with E-state index in [1.54, 1.807) is 13.8 Å². The number of halogens is 4. The summed E-state index contributed by atoms with van der Waals surface area (Å²) >= 11 is 0. The molecule has 0 aliphatic carbocycles. The molecule has 0 saturated heterocycles. The molecule has 4 atom stereocenters. The number of carbonyl (C=O) groups is 4. The maximum Gasteiger partial charge on any atom is 0.274 e. The maximum atomic E-state index is 14.0. The molecule has 6 heterocycles. The monoisotopic (exact) mass is 972 g/mol. The Kier molecular flexibility index (Phi) is 15.9. The largest absolute Gasteiger partial charge is 0.503 e. The van der Waals surface area contributed by atoms with E-state index in [1.165, 1.54) is 46.3 Å². The quantitative estimate of drug-likeness (QED) is 0.121. The van der Waals surface area contributed by atoms with Gasteiger partial charge in [0.05, 0.1) is 55.0 Å². The third kappa shape index (κ3) is 8.96. The molecule has 4 aromatic rings. The van der Waals surface area contributed by atoms with E-state index in [0.29, 0.717) is 25.2 Å². The fourth-order valence-electron chi connectivity index (χ4n) is 9.75. The Morgan fingerprint density at radius 2 is 1.09 bits per heavy atom. The highest BCUT2D eigenvalue weighted by molar-refractivity contribution is 6.02. The number of nitrogens with one attached hydrogen (secondary N) is 2. The van der Waals surface area contributed by atoms with E-state index >= 15 is 0 Å². The van der Waals surface area contributed by atoms with E-state index in [4.69, 9.17) is 14.2 Å². The van der Waals surface area contributed by atoms with Gasteiger partial charge in [0, 0.05) is 89.6 Å². The number of methoxy groups -OCH3 is 3. The number of ether oxygens (including phenoxy) is 3. The molecule has 18 nitrogen and oxygen atoms in total. The van der Waals surface area contributed by atoms with Gasteiger partial charge in [0.1, 0.15) is 34.4 Å². The number of rotatable bonds is 13. The van der Waals surface area contributed by atoms with Gasteiger partial charge in [-0.3, -0.25) is 28.8 Å². The first-order chi connectivity index (χ1) is 31.8. The molecule has 4 aliphatic rings. The van der Waals surface area contributed by atoms with Crippen LogP contribution >= 0.6 is 0 Å². The average Bonchev–Trinajstić information content (AvgIpc) is 3.72. The third-order valence-electron chi connectivity index (χ3n) is 12.6. The fraction of sp³-hybridized carbons (Fsp3) is 0.447. The smallest absolute Gasteiger partial charge is 0.274 e. The van der Waals surface area contributed by atoms with Crippen molar-refractivity contribution < 1.29 is 66.3 Å². The molecular weight excluding hydrogens is 917 g/mol. The van der Waals surface area contributed by atoms with E-state index in [2.05, 4.69) is 10.6 Å². The zero-order chi connectivity index (χ0) is 48.9. The van der Waals surface area contributed by atoms with Crippen LogP contribution in [0, 0.1) is 23.3 Å². The summed E-state index contributed by atoms with van der Waals surface area (Å²) in [4.78, 5) is 81.6. The Labute approximate surface area is 394 Å². The number of aliphatic hydroxyl groups excluding tert-OH is 2. The van der Waals surface area contributed by atoms with Gasteiger partial charge in [0.15, 0.2) is 22.9 Å². The number of benzene rings is 2. The summed E-state index contributed by atoms with van der Waals surface area (Å²) < 4.78 is 73.2. The van der Waals surface area contributed by atoms with Gasteiger partial charge in [-0.25, -0.2) is 17.6 Å². The second-order valence-corrected chi connectivity index (χ2v) is 16.7. The van der Waals surface area contributed by atoms with Crippen molar-refractivity contribution in [3.8, 4) is 11.5 Å². The van der Waals surface area contributed by atoms with Gasteiger partial charge in [-0.1, -0.05) is 27.0 Å². The molecule has 374 valence electrons. The summed E-state index contributed by atoms with van der Waals surface area (Å²) in [5.74, 6) is -7.42. The molecule has 0 fully saturated rings. The molecule has 0 radical (unpaired) electrons. The first-order valence-corrected chi connectivity index (χ1v) is 21.1. The van der Waals surface area contributed by atoms with Crippen LogP contribution in [0.5, 0.6) is 11.5 Å². The lowest BCUT2D eigenvalue weighted by molar-refractivity contribution is 0.0213. The number of nitrogens with zero attached hydrogens (tertiary/aromatic N) is 4. The predicted molar refractivity (Wildman–Crippen MR) is 240 cm³/mol. The van der Waals surface area contributed by atoms with Crippen molar-refractivity contribution in [2.75, 3.05) is 60.7 Å². The van der Waals surface area contributed by atoms with Crippen LogP contribution in [0.1, 0.15) is 118 Å². The van der Waals surface area contributed by atoms with Crippen LogP contribution in [0.2, 0.25) is 0 Å². The molecule has 8 rings (SSSR count). The van der Waals surface area contributed by atoms with Crippen LogP contribution in [0.3, 0.4) is 0 Å². The number of hydrogen-bond acceptors (Lipinski definition) is 12. The highest BCUT2D eigenvalue weighted by atomic mass is 19.1. The van der Waals surface area contributed by atoms with Crippen LogP contribution in [0.15, 0.2) is 46.0 Å². The van der Waals surface area contributed by atoms with Crippen LogP contribution < -0.4 is 26.2 Å². The molecule has 2 aromatic carbocycles. The zero-order valence-electron chi connectivity index (χ0n) is 37.0. The maximum absolute atomic E-state index is 14.0. The van der Waals surface area contributed by atoms with Crippen molar-refractivity contribution in [3.05, 3.63) is 125 Å². The second kappa shape index (κ2) is 20.5. The normalized spacial score (nSPS) is 20.5. The number of pyridine rings is 2. The number of carbonyl (C=O) groups excluding carboxylic acids is 4. The third-order valence-corrected chi connectivity index (χ3v) is 12.6. The molecule has 4 unspecified atom stereocenters. The van der Waals surface area contributed by atoms with Gasteiger partial charge in [0.25, 0.3) is 23.6 Å². The lowest BCUT2D eigenvalue weighted by atomic mass is 9.93. The summed E-state index contributed by atoms with van der Waals surface area (Å²) in [6.07, 6.45) is -2.37. The van der Waals surface area contributed by atoms with Crippen molar-refractivity contribution >= 4 is 23.6 Å². The first kappa shape index (κ1) is 53.3. The highest BCUT2D eigenvalue weighted by Gasteiger charge is 2.55. The van der Waals surface area contributed by atoms with Crippen LogP contribution in [-0.2, 0) is 33.6 Å². The lowest BCUT2D eigenvalue weighted by Gasteiger charge is -2.42. The number of aliphatic hydroxyl groups is 2. The molecule has 0 saturated carbocycles. The van der Waals surface area contributed by atoms with E-state index in [-0.39, 0.29) is 107 Å². The summed E-state index contributed by atoms with van der Waals surface area (Å²) in [5, 5.41) is 37.4. The first-order valence-electron chi connectivity index (χ1n) is 21.1. The molecule has 4 aliphatic heterocycles. The van der Waals surface area contributed by atoms with Gasteiger partial charge in [-0.2, -0.15) is 0 Å². The summed E-state index contributed by atoms with van der Waals surface area (Å²) in [6.45, 7) is 4.03. The van der Waals surface area contributed by atoms with Crippen LogP contribution in [-0.4, -0.2) is 119 Å². The molecule has 0 spiro atoms. The summed E-state index contributed by atoms with van der Waals surface area (Å²) in [7, 11) is 4.15. The Morgan fingerprint density at radius 1 is 0.681 bits per heavy atom. The Morgan fingerprint density at radius 3 is 1.48 bits per heavy atom. The molecule has 4 amide bonds. The minimum atomic E-state index is -1.29. The van der Waals surface area contributed by atoms with Gasteiger partial charge in [0.2, 0.25) is 10.9 Å². The SMILES string of the molecule is C.C.CCN1CC2(COC)CC(O)c3c(C(=O)NCc4ccc(F)cc4F)c(=O)c(O)c(n32)C1=O.CCN1CC2(COC)CC(O)c3c(C(=O)NCc4ccc(F)cc4F)c(=O)c(OC)c(n32)C1=O. The predicted octanol–water partition coefficient (Wildman–Crippen LogP) is 3.61. The molecule has 69 heavy (non-hydrogen) atoms. The number of amides is 4. The minimum absolute atomic E-state index is 0. The number of aromatic nitrogens is 2. The topological polar surface area (TPSA) is 231 Å². The number of likely N-dealkylation sites (N-methyl/N-ethyl adjacent to an activating group) is 2. The van der Waals surface area contributed by atoms with Gasteiger partial charge in [-0.15, -0.1) is 0 Å². The van der Waals surface area contributed by atoms with Crippen molar-refractivity contribution in [1.82, 2.24) is 29.6 Å². The number of aromatic hydroxyl groups is 1. The van der Waals surface area contributed by atoms with Gasteiger partial charge >= 0.3 is 0 Å². The molecular formula is C47H56F4N6O12. The zero-order valence-corrected chi connectivity index (χ0v) is 37.0. The standard InChI is InChI=1S/C23H25F2N3O6.C22H23F2N3O6.2CH4/c1-4-27-10-23(11-33-2)8-15(29)17-16(19(30)20(34-3)18(22(27)32)28(17)23)21(31)26-9-12-5-6-13(24)7-14(12)25;1-3-26-9-22(10-33-2)7-14(28)16-15(18(29)19(30)17(21(26)32)27(16)22)20(31)25-8-11-4-5-12(23)6-13(11)24;;/h5-7,15,29H,4,8-11H2,1-3H3,(H,26,31);4-6,14,28,30H,3,7-10H2,1-2H3,(H,25,31);2*1H4. The van der Waals surface area contributed by atoms with Crippen molar-refractivity contribution in [2.24, 2.45) is 0 Å². The van der Waals surface area contributed by atoms with E-state index in [0.717, 1.165) is 18.2 Å². The average molecular weight is 973 g/mol.